The second-order valence-corrected chi connectivity index (χ2v) is 5.39. The number of nitrogens with zero attached hydrogens (tertiary/aromatic N) is 2. The molecule has 2 heterocycles. The fourth-order valence-corrected chi connectivity index (χ4v) is 2.84. The molecular weight excluding hydrogens is 258 g/mol. The van der Waals surface area contributed by atoms with Gasteiger partial charge in [-0.3, -0.25) is 9.88 Å². The maximum Gasteiger partial charge on any atom is 0.0761 e. The Morgan fingerprint density at radius 2 is 2.16 bits per heavy atom. The van der Waals surface area contributed by atoms with Gasteiger partial charge >= 0.3 is 0 Å². The summed E-state index contributed by atoms with van der Waals surface area (Å²) in [6.07, 6.45) is 3.05. The number of nitrogens with one attached hydrogen (secondary N) is 1. The molecular formula is C15H18ClN3. The van der Waals surface area contributed by atoms with Crippen molar-refractivity contribution in [2.75, 3.05) is 26.2 Å². The van der Waals surface area contributed by atoms with Crippen molar-refractivity contribution in [3.8, 4) is 0 Å². The Bertz CT molecular complexity index is 562. The SMILES string of the molecule is Clc1ccc(CN2CCCNCC2)c2ncccc12. The molecule has 0 unspecified atom stereocenters. The maximum atomic E-state index is 6.23. The van der Waals surface area contributed by atoms with Gasteiger partial charge in [0.05, 0.1) is 5.52 Å². The summed E-state index contributed by atoms with van der Waals surface area (Å²) >= 11 is 6.23. The van der Waals surface area contributed by atoms with Crippen molar-refractivity contribution < 1.29 is 0 Å². The zero-order valence-electron chi connectivity index (χ0n) is 10.9. The molecule has 0 amide bonds. The minimum atomic E-state index is 0.782. The smallest absolute Gasteiger partial charge is 0.0761 e. The largest absolute Gasteiger partial charge is 0.315 e. The Kier molecular flexibility index (Phi) is 3.97. The molecule has 1 saturated heterocycles. The van der Waals surface area contributed by atoms with Gasteiger partial charge in [-0.1, -0.05) is 17.7 Å². The number of benzene rings is 1. The zero-order chi connectivity index (χ0) is 13.1. The molecule has 1 fully saturated rings. The van der Waals surface area contributed by atoms with Crippen LogP contribution in [0.2, 0.25) is 5.02 Å². The van der Waals surface area contributed by atoms with E-state index in [1.54, 1.807) is 0 Å². The monoisotopic (exact) mass is 275 g/mol. The highest BCUT2D eigenvalue weighted by Gasteiger charge is 2.12. The van der Waals surface area contributed by atoms with Gasteiger partial charge < -0.3 is 5.32 Å². The summed E-state index contributed by atoms with van der Waals surface area (Å²) in [4.78, 5) is 6.99. The van der Waals surface area contributed by atoms with Crippen LogP contribution in [-0.2, 0) is 6.54 Å². The van der Waals surface area contributed by atoms with E-state index in [9.17, 15) is 0 Å². The van der Waals surface area contributed by atoms with Crippen LogP contribution >= 0.6 is 11.6 Å². The Morgan fingerprint density at radius 3 is 3.11 bits per heavy atom. The number of pyridine rings is 1. The summed E-state index contributed by atoms with van der Waals surface area (Å²) in [6.45, 7) is 5.38. The lowest BCUT2D eigenvalue weighted by atomic mass is 10.1. The number of hydrogen-bond acceptors (Lipinski definition) is 3. The lowest BCUT2D eigenvalue weighted by molar-refractivity contribution is 0.285. The lowest BCUT2D eigenvalue weighted by Crippen LogP contribution is -2.27. The number of rotatable bonds is 2. The molecule has 1 aromatic heterocycles. The van der Waals surface area contributed by atoms with Crippen LogP contribution < -0.4 is 5.32 Å². The fraction of sp³-hybridized carbons (Fsp3) is 0.400. The number of hydrogen-bond donors (Lipinski definition) is 1. The van der Waals surface area contributed by atoms with Crippen LogP contribution in [0.1, 0.15) is 12.0 Å². The van der Waals surface area contributed by atoms with Gasteiger partial charge in [-0.2, -0.15) is 0 Å². The third-order valence-electron chi connectivity index (χ3n) is 3.63. The zero-order valence-corrected chi connectivity index (χ0v) is 11.7. The van der Waals surface area contributed by atoms with Crippen LogP contribution in [0.5, 0.6) is 0 Å². The second kappa shape index (κ2) is 5.87. The van der Waals surface area contributed by atoms with E-state index in [0.717, 1.165) is 48.6 Å². The molecule has 1 aliphatic heterocycles. The average Bonchev–Trinajstić information content (AvgIpc) is 2.71. The van der Waals surface area contributed by atoms with Gasteiger partial charge in [0, 0.05) is 36.2 Å². The summed E-state index contributed by atoms with van der Waals surface area (Å²) in [7, 11) is 0. The normalized spacial score (nSPS) is 17.5. The number of halogens is 1. The first kappa shape index (κ1) is 12.9. The quantitative estimate of drug-likeness (QED) is 0.913. The van der Waals surface area contributed by atoms with E-state index in [4.69, 9.17) is 11.6 Å². The van der Waals surface area contributed by atoms with Gasteiger partial charge in [0.25, 0.3) is 0 Å². The van der Waals surface area contributed by atoms with E-state index in [2.05, 4.69) is 21.3 Å². The number of aromatic nitrogens is 1. The van der Waals surface area contributed by atoms with E-state index in [1.165, 1.54) is 12.0 Å². The van der Waals surface area contributed by atoms with Crippen molar-refractivity contribution in [1.29, 1.82) is 0 Å². The molecule has 0 spiro atoms. The highest BCUT2D eigenvalue weighted by atomic mass is 35.5. The first-order valence-electron chi connectivity index (χ1n) is 6.80. The Hall–Kier alpha value is -1.16. The van der Waals surface area contributed by atoms with E-state index in [1.807, 2.05) is 24.4 Å². The molecule has 0 atom stereocenters. The van der Waals surface area contributed by atoms with E-state index in [0.29, 0.717) is 0 Å². The minimum absolute atomic E-state index is 0.782. The van der Waals surface area contributed by atoms with Gasteiger partial charge in [0.1, 0.15) is 0 Å². The minimum Gasteiger partial charge on any atom is -0.315 e. The molecule has 0 bridgehead atoms. The molecule has 1 aliphatic rings. The summed E-state index contributed by atoms with van der Waals surface area (Å²) < 4.78 is 0. The Morgan fingerprint density at radius 1 is 1.21 bits per heavy atom. The lowest BCUT2D eigenvalue weighted by Gasteiger charge is -2.20. The topological polar surface area (TPSA) is 28.2 Å². The second-order valence-electron chi connectivity index (χ2n) is 4.99. The van der Waals surface area contributed by atoms with Crippen molar-refractivity contribution >= 4 is 22.5 Å². The molecule has 3 nitrogen and oxygen atoms in total. The molecule has 0 aliphatic carbocycles. The van der Waals surface area contributed by atoms with Gasteiger partial charge in [-0.05, 0) is 43.3 Å². The molecule has 0 saturated carbocycles. The van der Waals surface area contributed by atoms with Crippen LogP contribution in [0, 0.1) is 0 Å². The number of fused-ring (bicyclic) bond motifs is 1. The summed E-state index contributed by atoms with van der Waals surface area (Å²) in [5.41, 5.74) is 2.30. The maximum absolute atomic E-state index is 6.23. The predicted molar refractivity (Wildman–Crippen MR) is 79.5 cm³/mol. The molecule has 19 heavy (non-hydrogen) atoms. The van der Waals surface area contributed by atoms with Gasteiger partial charge in [-0.15, -0.1) is 0 Å². The van der Waals surface area contributed by atoms with Crippen molar-refractivity contribution in [3.63, 3.8) is 0 Å². The van der Waals surface area contributed by atoms with Crippen molar-refractivity contribution in [2.24, 2.45) is 0 Å². The van der Waals surface area contributed by atoms with Crippen molar-refractivity contribution in [3.05, 3.63) is 41.0 Å². The van der Waals surface area contributed by atoms with Crippen molar-refractivity contribution in [1.82, 2.24) is 15.2 Å². The van der Waals surface area contributed by atoms with E-state index < -0.39 is 0 Å². The molecule has 3 rings (SSSR count). The average molecular weight is 276 g/mol. The fourth-order valence-electron chi connectivity index (χ4n) is 2.62. The standard InChI is InChI=1S/C15H18ClN3/c16-14-5-4-12(15-13(14)3-1-7-18-15)11-19-9-2-6-17-8-10-19/h1,3-5,7,17H,2,6,8-11H2. The molecule has 2 aromatic rings. The van der Waals surface area contributed by atoms with Gasteiger partial charge in [0.15, 0.2) is 0 Å². The first-order chi connectivity index (χ1) is 9.34. The molecule has 0 radical (unpaired) electrons. The molecule has 1 aromatic carbocycles. The first-order valence-corrected chi connectivity index (χ1v) is 7.17. The third-order valence-corrected chi connectivity index (χ3v) is 3.96. The van der Waals surface area contributed by atoms with E-state index >= 15 is 0 Å². The van der Waals surface area contributed by atoms with Crippen LogP contribution in [0.3, 0.4) is 0 Å². The highest BCUT2D eigenvalue weighted by molar-refractivity contribution is 6.35. The molecule has 100 valence electrons. The van der Waals surface area contributed by atoms with Gasteiger partial charge in [0.2, 0.25) is 0 Å². The summed E-state index contributed by atoms with van der Waals surface area (Å²) in [5.74, 6) is 0. The molecule has 4 heteroatoms. The van der Waals surface area contributed by atoms with Gasteiger partial charge in [-0.25, -0.2) is 0 Å². The molecule has 1 N–H and O–H groups in total. The van der Waals surface area contributed by atoms with Crippen LogP contribution in [-0.4, -0.2) is 36.1 Å². The summed E-state index contributed by atoms with van der Waals surface area (Å²) in [5, 5.41) is 5.26. The summed E-state index contributed by atoms with van der Waals surface area (Å²) in [6, 6.07) is 8.07. The van der Waals surface area contributed by atoms with Crippen LogP contribution in [0.15, 0.2) is 30.5 Å². The van der Waals surface area contributed by atoms with Crippen LogP contribution in [0.25, 0.3) is 10.9 Å². The predicted octanol–water partition coefficient (Wildman–Crippen LogP) is 2.68. The Balaban J connectivity index is 1.90. The third kappa shape index (κ3) is 2.89. The van der Waals surface area contributed by atoms with Crippen molar-refractivity contribution in [2.45, 2.75) is 13.0 Å². The van der Waals surface area contributed by atoms with E-state index in [-0.39, 0.29) is 0 Å². The highest BCUT2D eigenvalue weighted by Crippen LogP contribution is 2.25. The Labute approximate surface area is 118 Å². The van der Waals surface area contributed by atoms with Crippen LogP contribution in [0.4, 0.5) is 0 Å².